The Balaban J connectivity index is 1.72. The molecule has 1 saturated carbocycles. The van der Waals surface area contributed by atoms with Gasteiger partial charge in [-0.05, 0) is 31.9 Å². The lowest BCUT2D eigenvalue weighted by atomic mass is 10.3. The van der Waals surface area contributed by atoms with Crippen LogP contribution in [0.3, 0.4) is 0 Å². The number of aromatic nitrogens is 1. The van der Waals surface area contributed by atoms with E-state index >= 15 is 0 Å². The van der Waals surface area contributed by atoms with Crippen LogP contribution in [-0.2, 0) is 0 Å². The normalized spacial score (nSPS) is 16.6. The molecule has 18 heavy (non-hydrogen) atoms. The van der Waals surface area contributed by atoms with E-state index < -0.39 is 0 Å². The first-order valence-electron chi connectivity index (χ1n) is 6.52. The van der Waals surface area contributed by atoms with Crippen LogP contribution in [0.5, 0.6) is 0 Å². The van der Waals surface area contributed by atoms with Gasteiger partial charge in [0.15, 0.2) is 0 Å². The van der Waals surface area contributed by atoms with Crippen molar-refractivity contribution in [2.24, 2.45) is 0 Å². The lowest BCUT2D eigenvalue weighted by Gasteiger charge is -2.10. The zero-order valence-electron chi connectivity index (χ0n) is 10.7. The summed E-state index contributed by atoms with van der Waals surface area (Å²) in [7, 11) is 0. The van der Waals surface area contributed by atoms with E-state index in [2.05, 4.69) is 15.2 Å². The topological polar surface area (TPSA) is 66.3 Å². The van der Waals surface area contributed by atoms with Gasteiger partial charge >= 0.3 is 0 Å². The van der Waals surface area contributed by atoms with E-state index in [0.29, 0.717) is 25.7 Å². The molecule has 0 aliphatic heterocycles. The van der Waals surface area contributed by atoms with Gasteiger partial charge in [0.25, 0.3) is 5.91 Å². The summed E-state index contributed by atoms with van der Waals surface area (Å²) in [5.74, 6) is -0.0225. The molecule has 1 amide bonds. The van der Waals surface area contributed by atoms with Gasteiger partial charge < -0.3 is 20.3 Å². The molecule has 0 saturated heterocycles. The molecular weight excluding hydrogens is 230 g/mol. The number of rotatable bonds is 7. The van der Waals surface area contributed by atoms with Crippen LogP contribution in [0.4, 0.5) is 0 Å². The van der Waals surface area contributed by atoms with Crippen molar-refractivity contribution < 1.29 is 9.90 Å². The number of amides is 1. The zero-order valence-corrected chi connectivity index (χ0v) is 10.7. The molecule has 5 heteroatoms. The highest BCUT2D eigenvalue weighted by molar-refractivity contribution is 5.92. The van der Waals surface area contributed by atoms with Gasteiger partial charge in [0.05, 0.1) is 6.10 Å². The van der Waals surface area contributed by atoms with Crippen LogP contribution in [0.25, 0.3) is 0 Å². The van der Waals surface area contributed by atoms with E-state index in [1.54, 1.807) is 6.92 Å². The Morgan fingerprint density at radius 1 is 1.56 bits per heavy atom. The number of aliphatic hydroxyl groups excluding tert-OH is 1. The number of aliphatic hydroxyl groups is 1. The number of carbonyl (C=O) groups is 1. The minimum absolute atomic E-state index is 0.0225. The van der Waals surface area contributed by atoms with Crippen LogP contribution < -0.4 is 10.6 Å². The Kier molecular flexibility index (Phi) is 4.38. The third-order valence-corrected chi connectivity index (χ3v) is 2.98. The third-order valence-electron chi connectivity index (χ3n) is 2.98. The van der Waals surface area contributed by atoms with Gasteiger partial charge in [0.2, 0.25) is 0 Å². The van der Waals surface area contributed by atoms with Crippen molar-refractivity contribution in [2.75, 3.05) is 19.6 Å². The smallest absolute Gasteiger partial charge is 0.267 e. The van der Waals surface area contributed by atoms with Crippen LogP contribution in [-0.4, -0.2) is 41.3 Å². The molecule has 0 bridgehead atoms. The fourth-order valence-electron chi connectivity index (χ4n) is 1.92. The Morgan fingerprint density at radius 3 is 3.00 bits per heavy atom. The summed E-state index contributed by atoms with van der Waals surface area (Å²) in [6, 6.07) is 4.30. The molecule has 1 aromatic heterocycles. The van der Waals surface area contributed by atoms with Crippen LogP contribution in [0.15, 0.2) is 18.3 Å². The van der Waals surface area contributed by atoms with Gasteiger partial charge in [0.1, 0.15) is 5.69 Å². The molecule has 0 aromatic carbocycles. The molecule has 100 valence electrons. The minimum Gasteiger partial charge on any atom is -0.392 e. The molecule has 1 heterocycles. The van der Waals surface area contributed by atoms with E-state index in [1.807, 2.05) is 18.3 Å². The van der Waals surface area contributed by atoms with Crippen LogP contribution in [0.2, 0.25) is 0 Å². The lowest BCUT2D eigenvalue weighted by Crippen LogP contribution is -2.35. The average Bonchev–Trinajstić information content (AvgIpc) is 3.05. The summed E-state index contributed by atoms with van der Waals surface area (Å²) in [6.07, 6.45) is 3.96. The van der Waals surface area contributed by atoms with E-state index in [-0.39, 0.29) is 12.0 Å². The molecule has 0 spiro atoms. The van der Waals surface area contributed by atoms with E-state index in [4.69, 9.17) is 5.11 Å². The predicted molar refractivity (Wildman–Crippen MR) is 69.6 cm³/mol. The number of hydrogen-bond acceptors (Lipinski definition) is 3. The molecule has 1 atom stereocenters. The molecule has 1 aromatic rings. The molecule has 3 N–H and O–H groups in total. The molecule has 1 aliphatic carbocycles. The average molecular weight is 251 g/mol. The number of nitrogens with zero attached hydrogens (tertiary/aromatic N) is 1. The highest BCUT2D eigenvalue weighted by Crippen LogP contribution is 2.35. The molecular formula is C13H21N3O2. The van der Waals surface area contributed by atoms with E-state index in [9.17, 15) is 4.79 Å². The number of carbonyl (C=O) groups excluding carboxylic acids is 1. The van der Waals surface area contributed by atoms with Crippen molar-refractivity contribution in [2.45, 2.75) is 31.9 Å². The molecule has 0 radical (unpaired) electrons. The van der Waals surface area contributed by atoms with Gasteiger partial charge in [0, 0.05) is 31.9 Å². The van der Waals surface area contributed by atoms with Crippen molar-refractivity contribution in [3.63, 3.8) is 0 Å². The second kappa shape index (κ2) is 6.02. The second-order valence-corrected chi connectivity index (χ2v) is 4.84. The molecule has 1 aliphatic rings. The van der Waals surface area contributed by atoms with E-state index in [1.165, 1.54) is 12.8 Å². The van der Waals surface area contributed by atoms with Gasteiger partial charge in [-0.25, -0.2) is 0 Å². The first-order chi connectivity index (χ1) is 8.68. The second-order valence-electron chi connectivity index (χ2n) is 4.84. The Labute approximate surface area is 107 Å². The molecule has 5 nitrogen and oxygen atoms in total. The van der Waals surface area contributed by atoms with Gasteiger partial charge in [-0.2, -0.15) is 0 Å². The first-order valence-corrected chi connectivity index (χ1v) is 6.52. The summed E-state index contributed by atoms with van der Waals surface area (Å²) in [5.41, 5.74) is 0.744. The van der Waals surface area contributed by atoms with Crippen molar-refractivity contribution in [1.29, 1.82) is 0 Å². The van der Waals surface area contributed by atoms with Crippen molar-refractivity contribution in [3.8, 4) is 0 Å². The maximum Gasteiger partial charge on any atom is 0.267 e. The summed E-state index contributed by atoms with van der Waals surface area (Å²) < 4.78 is 2.05. The number of nitrogens with one attached hydrogen (secondary N) is 2. The summed E-state index contributed by atoms with van der Waals surface area (Å²) >= 11 is 0. The monoisotopic (exact) mass is 251 g/mol. The van der Waals surface area contributed by atoms with Crippen LogP contribution >= 0.6 is 0 Å². The molecule has 1 unspecified atom stereocenters. The fraction of sp³-hybridized carbons (Fsp3) is 0.615. The predicted octanol–water partition coefficient (Wildman–Crippen LogP) is 0.523. The zero-order chi connectivity index (χ0) is 13.0. The first kappa shape index (κ1) is 13.1. The van der Waals surface area contributed by atoms with Gasteiger partial charge in [-0.3, -0.25) is 4.79 Å². The lowest BCUT2D eigenvalue weighted by molar-refractivity contribution is 0.0944. The standard InChI is InChI=1S/C13H21N3O2/c1-10(17)9-14-6-7-15-13(18)12-3-2-8-16(12)11-4-5-11/h2-3,8,10-11,14,17H,4-7,9H2,1H3,(H,15,18). The summed E-state index contributed by atoms with van der Waals surface area (Å²) in [6.45, 7) is 3.52. The maximum atomic E-state index is 11.9. The van der Waals surface area contributed by atoms with Crippen LogP contribution in [0.1, 0.15) is 36.3 Å². The minimum atomic E-state index is -0.354. The summed E-state index contributed by atoms with van der Waals surface area (Å²) in [4.78, 5) is 11.9. The largest absolute Gasteiger partial charge is 0.392 e. The molecule has 2 rings (SSSR count). The Morgan fingerprint density at radius 2 is 2.33 bits per heavy atom. The highest BCUT2D eigenvalue weighted by Gasteiger charge is 2.26. The quantitative estimate of drug-likeness (QED) is 0.619. The van der Waals surface area contributed by atoms with Crippen molar-refractivity contribution in [3.05, 3.63) is 24.0 Å². The summed E-state index contributed by atoms with van der Waals surface area (Å²) in [5, 5.41) is 15.0. The van der Waals surface area contributed by atoms with Gasteiger partial charge in [-0.1, -0.05) is 0 Å². The van der Waals surface area contributed by atoms with Crippen molar-refractivity contribution >= 4 is 5.91 Å². The third kappa shape index (κ3) is 3.58. The van der Waals surface area contributed by atoms with Crippen molar-refractivity contribution in [1.82, 2.24) is 15.2 Å². The van der Waals surface area contributed by atoms with Crippen LogP contribution in [0, 0.1) is 0 Å². The Hall–Kier alpha value is -1.33. The Bertz CT molecular complexity index is 397. The van der Waals surface area contributed by atoms with E-state index in [0.717, 1.165) is 5.69 Å². The fourth-order valence-corrected chi connectivity index (χ4v) is 1.92. The molecule has 1 fully saturated rings. The maximum absolute atomic E-state index is 11.9. The highest BCUT2D eigenvalue weighted by atomic mass is 16.3. The SMILES string of the molecule is CC(O)CNCCNC(=O)c1cccn1C1CC1. The number of hydrogen-bond donors (Lipinski definition) is 3. The van der Waals surface area contributed by atoms with Gasteiger partial charge in [-0.15, -0.1) is 0 Å².